The van der Waals surface area contributed by atoms with Gasteiger partial charge < -0.3 is 5.32 Å². The van der Waals surface area contributed by atoms with Crippen LogP contribution < -0.4 is 10.9 Å². The number of nitrogens with one attached hydrogen (secondary N) is 1. The zero-order chi connectivity index (χ0) is 19.5. The maximum atomic E-state index is 12.7. The Morgan fingerprint density at radius 2 is 1.75 bits per heavy atom. The van der Waals surface area contributed by atoms with E-state index in [1.807, 2.05) is 67.6 Å². The number of aromatic nitrogens is 4. The Morgan fingerprint density at radius 1 is 1.07 bits per heavy atom. The summed E-state index contributed by atoms with van der Waals surface area (Å²) in [5, 5.41) is 11.4. The van der Waals surface area contributed by atoms with E-state index in [0.717, 1.165) is 15.8 Å². The van der Waals surface area contributed by atoms with Crippen LogP contribution in [0.2, 0.25) is 0 Å². The Hall–Kier alpha value is -3.74. The molecular formula is C21H19N5O2. The number of amides is 1. The molecule has 7 nitrogen and oxygen atoms in total. The largest absolute Gasteiger partial charge is 0.348 e. The third-order valence-corrected chi connectivity index (χ3v) is 4.53. The molecule has 1 amide bonds. The standard InChI is InChI=1S/C21H19N5O2/c1-15(16-8-4-2-5-9-16)23-20(27)13-25-21(28)19-12-18(24-26(19)14-22-25)17-10-6-3-7-11-17/h2-12,14-15H,13H2,1H3,(H,23,27)/t15-/m0/s1. The lowest BCUT2D eigenvalue weighted by Crippen LogP contribution is -2.35. The Kier molecular flexibility index (Phi) is 4.72. The molecule has 7 heteroatoms. The van der Waals surface area contributed by atoms with Crippen molar-refractivity contribution >= 4 is 11.4 Å². The molecule has 1 atom stereocenters. The van der Waals surface area contributed by atoms with Crippen LogP contribution >= 0.6 is 0 Å². The van der Waals surface area contributed by atoms with E-state index in [9.17, 15) is 9.59 Å². The minimum Gasteiger partial charge on any atom is -0.348 e. The Morgan fingerprint density at radius 3 is 2.46 bits per heavy atom. The molecule has 2 aromatic heterocycles. The van der Waals surface area contributed by atoms with E-state index in [-0.39, 0.29) is 24.1 Å². The molecule has 2 heterocycles. The predicted octanol–water partition coefficient (Wildman–Crippen LogP) is 2.44. The maximum Gasteiger partial charge on any atom is 0.293 e. The van der Waals surface area contributed by atoms with E-state index in [0.29, 0.717) is 11.2 Å². The van der Waals surface area contributed by atoms with Crippen LogP contribution in [0, 0.1) is 0 Å². The van der Waals surface area contributed by atoms with Gasteiger partial charge in [0.2, 0.25) is 5.91 Å². The molecule has 0 spiro atoms. The number of nitrogens with zero attached hydrogens (tertiary/aromatic N) is 4. The fourth-order valence-corrected chi connectivity index (χ4v) is 3.05. The van der Waals surface area contributed by atoms with Gasteiger partial charge in [-0.3, -0.25) is 9.59 Å². The fraction of sp³-hybridized carbons (Fsp3) is 0.143. The minimum atomic E-state index is -0.361. The van der Waals surface area contributed by atoms with E-state index in [1.54, 1.807) is 6.07 Å². The van der Waals surface area contributed by atoms with Gasteiger partial charge in [-0.1, -0.05) is 60.7 Å². The quantitative estimate of drug-likeness (QED) is 0.583. The first-order valence-electron chi connectivity index (χ1n) is 8.97. The number of carbonyl (C=O) groups excluding carboxylic acids is 1. The number of benzene rings is 2. The average Bonchev–Trinajstić information content (AvgIpc) is 3.17. The zero-order valence-corrected chi connectivity index (χ0v) is 15.3. The first-order valence-corrected chi connectivity index (χ1v) is 8.97. The van der Waals surface area contributed by atoms with Gasteiger partial charge in [0.05, 0.1) is 11.7 Å². The van der Waals surface area contributed by atoms with Crippen molar-refractivity contribution in [3.63, 3.8) is 0 Å². The Balaban J connectivity index is 1.55. The topological polar surface area (TPSA) is 81.3 Å². The van der Waals surface area contributed by atoms with Crippen LogP contribution in [0.3, 0.4) is 0 Å². The highest BCUT2D eigenvalue weighted by Crippen LogP contribution is 2.17. The first kappa shape index (κ1) is 17.7. The molecule has 0 aliphatic heterocycles. The highest BCUT2D eigenvalue weighted by Gasteiger charge is 2.14. The molecule has 0 saturated heterocycles. The minimum absolute atomic E-state index is 0.154. The maximum absolute atomic E-state index is 12.7. The van der Waals surface area contributed by atoms with Gasteiger partial charge in [-0.05, 0) is 18.6 Å². The molecule has 0 saturated carbocycles. The van der Waals surface area contributed by atoms with Crippen LogP contribution in [0.25, 0.3) is 16.8 Å². The molecule has 0 radical (unpaired) electrons. The van der Waals surface area contributed by atoms with Crippen LogP contribution in [0.1, 0.15) is 18.5 Å². The summed E-state index contributed by atoms with van der Waals surface area (Å²) in [5.74, 6) is -0.280. The molecule has 140 valence electrons. The fourth-order valence-electron chi connectivity index (χ4n) is 3.05. The summed E-state index contributed by atoms with van der Waals surface area (Å²) in [5.41, 5.74) is 2.60. The highest BCUT2D eigenvalue weighted by atomic mass is 16.2. The van der Waals surface area contributed by atoms with Gasteiger partial charge in [-0.25, -0.2) is 9.20 Å². The molecule has 0 bridgehead atoms. The molecule has 4 aromatic rings. The van der Waals surface area contributed by atoms with Gasteiger partial charge in [-0.15, -0.1) is 0 Å². The number of rotatable bonds is 5. The third-order valence-electron chi connectivity index (χ3n) is 4.53. The highest BCUT2D eigenvalue weighted by molar-refractivity contribution is 5.76. The molecule has 28 heavy (non-hydrogen) atoms. The third kappa shape index (κ3) is 3.55. The Bertz CT molecular complexity index is 1170. The van der Waals surface area contributed by atoms with E-state index in [2.05, 4.69) is 15.5 Å². The summed E-state index contributed by atoms with van der Waals surface area (Å²) in [6, 6.07) is 20.8. The van der Waals surface area contributed by atoms with Gasteiger partial charge in [0, 0.05) is 5.56 Å². The number of carbonyl (C=O) groups is 1. The monoisotopic (exact) mass is 373 g/mol. The molecule has 2 aromatic carbocycles. The van der Waals surface area contributed by atoms with Gasteiger partial charge in [0.25, 0.3) is 5.56 Å². The number of hydrogen-bond donors (Lipinski definition) is 1. The summed E-state index contributed by atoms with van der Waals surface area (Å²) in [6.45, 7) is 1.74. The molecule has 0 unspecified atom stereocenters. The van der Waals surface area contributed by atoms with Gasteiger partial charge in [0.15, 0.2) is 0 Å². The normalized spacial score (nSPS) is 12.0. The lowest BCUT2D eigenvalue weighted by molar-refractivity contribution is -0.122. The van der Waals surface area contributed by atoms with E-state index < -0.39 is 0 Å². The Labute approximate surface area is 161 Å². The van der Waals surface area contributed by atoms with Crippen molar-refractivity contribution in [3.8, 4) is 11.3 Å². The second-order valence-corrected chi connectivity index (χ2v) is 6.52. The summed E-state index contributed by atoms with van der Waals surface area (Å²) < 4.78 is 2.59. The van der Waals surface area contributed by atoms with Crippen LogP contribution in [-0.2, 0) is 11.3 Å². The summed E-state index contributed by atoms with van der Waals surface area (Å²) in [7, 11) is 0. The van der Waals surface area contributed by atoms with Gasteiger partial charge >= 0.3 is 0 Å². The van der Waals surface area contributed by atoms with Crippen LogP contribution in [0.15, 0.2) is 77.9 Å². The lowest BCUT2D eigenvalue weighted by atomic mass is 10.1. The summed E-state index contributed by atoms with van der Waals surface area (Å²) in [6.07, 6.45) is 1.44. The van der Waals surface area contributed by atoms with Gasteiger partial charge in [-0.2, -0.15) is 10.2 Å². The second-order valence-electron chi connectivity index (χ2n) is 6.52. The second kappa shape index (κ2) is 7.48. The van der Waals surface area contributed by atoms with Crippen molar-refractivity contribution in [1.82, 2.24) is 24.7 Å². The molecule has 0 aliphatic carbocycles. The molecule has 0 fully saturated rings. The van der Waals surface area contributed by atoms with Crippen molar-refractivity contribution in [3.05, 3.63) is 89.0 Å². The van der Waals surface area contributed by atoms with E-state index in [1.165, 1.54) is 10.8 Å². The number of fused-ring (bicyclic) bond motifs is 1. The van der Waals surface area contributed by atoms with Crippen molar-refractivity contribution in [2.75, 3.05) is 0 Å². The SMILES string of the molecule is C[C@H](NC(=O)Cn1ncn2nc(-c3ccccc3)cc2c1=O)c1ccccc1. The van der Waals surface area contributed by atoms with Crippen molar-refractivity contribution in [2.24, 2.45) is 0 Å². The number of hydrogen-bond acceptors (Lipinski definition) is 4. The van der Waals surface area contributed by atoms with Crippen LogP contribution in [0.5, 0.6) is 0 Å². The average molecular weight is 373 g/mol. The molecule has 0 aliphatic rings. The first-order chi connectivity index (χ1) is 13.6. The van der Waals surface area contributed by atoms with E-state index in [4.69, 9.17) is 0 Å². The lowest BCUT2D eigenvalue weighted by Gasteiger charge is -2.14. The summed E-state index contributed by atoms with van der Waals surface area (Å²) in [4.78, 5) is 25.1. The zero-order valence-electron chi connectivity index (χ0n) is 15.3. The molecule has 1 N–H and O–H groups in total. The van der Waals surface area contributed by atoms with Crippen LogP contribution in [-0.4, -0.2) is 25.3 Å². The van der Waals surface area contributed by atoms with Crippen molar-refractivity contribution < 1.29 is 4.79 Å². The molecular weight excluding hydrogens is 354 g/mol. The smallest absolute Gasteiger partial charge is 0.293 e. The van der Waals surface area contributed by atoms with Crippen molar-refractivity contribution in [2.45, 2.75) is 19.5 Å². The van der Waals surface area contributed by atoms with E-state index >= 15 is 0 Å². The molecule has 4 rings (SSSR count). The van der Waals surface area contributed by atoms with Crippen molar-refractivity contribution in [1.29, 1.82) is 0 Å². The predicted molar refractivity (Wildman–Crippen MR) is 106 cm³/mol. The van der Waals surface area contributed by atoms with Gasteiger partial charge in [0.1, 0.15) is 18.4 Å². The summed E-state index contributed by atoms with van der Waals surface area (Å²) >= 11 is 0. The van der Waals surface area contributed by atoms with Crippen LogP contribution in [0.4, 0.5) is 0 Å².